The van der Waals surface area contributed by atoms with Gasteiger partial charge in [0.05, 0.1) is 10.6 Å². The average molecular weight is 247 g/mol. The quantitative estimate of drug-likeness (QED) is 0.668. The highest BCUT2D eigenvalue weighted by Gasteiger charge is 2.16. The summed E-state index contributed by atoms with van der Waals surface area (Å²) in [7, 11) is 0. The molecule has 1 heterocycles. The first-order chi connectivity index (χ1) is 8.58. The number of nitro groups is 1. The first kappa shape index (κ1) is 12.0. The lowest BCUT2D eigenvalue weighted by Crippen LogP contribution is -2.01. The van der Waals surface area contributed by atoms with E-state index < -0.39 is 10.7 Å². The van der Waals surface area contributed by atoms with E-state index >= 15 is 0 Å². The highest BCUT2D eigenvalue weighted by Crippen LogP contribution is 2.26. The topological polar surface area (TPSA) is 68.1 Å². The maximum Gasteiger partial charge on any atom is 0.311 e. The molecule has 1 N–H and O–H groups in total. The minimum absolute atomic E-state index is 0.0325. The molecule has 0 saturated carbocycles. The number of hydrogen-bond acceptors (Lipinski definition) is 4. The number of anilines is 2. The summed E-state index contributed by atoms with van der Waals surface area (Å²) in [4.78, 5) is 14.3. The van der Waals surface area contributed by atoms with Crippen molar-refractivity contribution in [2.24, 2.45) is 0 Å². The van der Waals surface area contributed by atoms with E-state index in [1.54, 1.807) is 19.1 Å². The summed E-state index contributed by atoms with van der Waals surface area (Å²) in [6, 6.07) is 8.80. The van der Waals surface area contributed by atoms with E-state index in [9.17, 15) is 14.5 Å². The Bertz CT molecular complexity index is 602. The van der Waals surface area contributed by atoms with E-state index in [4.69, 9.17) is 0 Å². The lowest BCUT2D eigenvalue weighted by atomic mass is 10.3. The fourth-order valence-electron chi connectivity index (χ4n) is 1.48. The standard InChI is InChI=1S/C12H10FN3O2/c1-8-6-7-11(16(17)18)12(14-8)15-10-5-3-2-4-9(10)13/h2-7H,1H3,(H,14,15). The lowest BCUT2D eigenvalue weighted by Gasteiger charge is -2.07. The third-order valence-electron chi connectivity index (χ3n) is 2.34. The second-order valence-electron chi connectivity index (χ2n) is 3.68. The molecular weight excluding hydrogens is 237 g/mol. The highest BCUT2D eigenvalue weighted by molar-refractivity contribution is 5.65. The van der Waals surface area contributed by atoms with E-state index in [1.807, 2.05) is 0 Å². The summed E-state index contributed by atoms with van der Waals surface area (Å²) in [5, 5.41) is 13.5. The van der Waals surface area contributed by atoms with Crippen LogP contribution in [0.5, 0.6) is 0 Å². The van der Waals surface area contributed by atoms with Crippen molar-refractivity contribution in [3.63, 3.8) is 0 Å². The molecule has 0 unspecified atom stereocenters. The second kappa shape index (κ2) is 4.79. The first-order valence-electron chi connectivity index (χ1n) is 5.21. The molecule has 18 heavy (non-hydrogen) atoms. The van der Waals surface area contributed by atoms with Gasteiger partial charge in [0.15, 0.2) is 0 Å². The van der Waals surface area contributed by atoms with Crippen molar-refractivity contribution in [3.05, 3.63) is 58.0 Å². The first-order valence-corrected chi connectivity index (χ1v) is 5.21. The van der Waals surface area contributed by atoms with Crippen molar-refractivity contribution >= 4 is 17.2 Å². The molecule has 2 rings (SSSR count). The van der Waals surface area contributed by atoms with Gasteiger partial charge in [-0.15, -0.1) is 0 Å². The maximum atomic E-state index is 13.4. The predicted molar refractivity (Wildman–Crippen MR) is 65.3 cm³/mol. The highest BCUT2D eigenvalue weighted by atomic mass is 19.1. The smallest absolute Gasteiger partial charge is 0.311 e. The largest absolute Gasteiger partial charge is 0.332 e. The zero-order valence-electron chi connectivity index (χ0n) is 9.55. The molecule has 0 bridgehead atoms. The van der Waals surface area contributed by atoms with Gasteiger partial charge in [0, 0.05) is 11.8 Å². The Hall–Kier alpha value is -2.50. The molecule has 1 aromatic carbocycles. The normalized spacial score (nSPS) is 10.1. The van der Waals surface area contributed by atoms with E-state index in [1.165, 1.54) is 24.3 Å². The molecule has 0 saturated heterocycles. The summed E-state index contributed by atoms with van der Waals surface area (Å²) in [6.45, 7) is 1.70. The Balaban J connectivity index is 2.42. The van der Waals surface area contributed by atoms with Gasteiger partial charge < -0.3 is 5.32 Å². The van der Waals surface area contributed by atoms with Crippen molar-refractivity contribution in [2.75, 3.05) is 5.32 Å². The maximum absolute atomic E-state index is 13.4. The molecule has 0 aliphatic heterocycles. The summed E-state index contributed by atoms with van der Waals surface area (Å²) < 4.78 is 13.4. The molecule has 0 spiro atoms. The van der Waals surface area contributed by atoms with Gasteiger partial charge in [-0.1, -0.05) is 12.1 Å². The molecule has 5 nitrogen and oxygen atoms in total. The van der Waals surface area contributed by atoms with Gasteiger partial charge in [0.1, 0.15) is 5.82 Å². The van der Waals surface area contributed by atoms with Crippen molar-refractivity contribution < 1.29 is 9.31 Å². The predicted octanol–water partition coefficient (Wildman–Crippen LogP) is 3.18. The van der Waals surface area contributed by atoms with Crippen molar-refractivity contribution in [1.29, 1.82) is 0 Å². The average Bonchev–Trinajstić information content (AvgIpc) is 2.32. The van der Waals surface area contributed by atoms with Crippen LogP contribution in [0.1, 0.15) is 5.69 Å². The summed E-state index contributed by atoms with van der Waals surface area (Å²) in [6.07, 6.45) is 0. The van der Waals surface area contributed by atoms with Crippen molar-refractivity contribution in [1.82, 2.24) is 4.98 Å². The van der Waals surface area contributed by atoms with E-state index in [0.29, 0.717) is 5.69 Å². The summed E-state index contributed by atoms with van der Waals surface area (Å²) in [5.41, 5.74) is 0.571. The number of hydrogen-bond donors (Lipinski definition) is 1. The van der Waals surface area contributed by atoms with Gasteiger partial charge in [-0.05, 0) is 25.1 Å². The molecule has 92 valence electrons. The van der Waals surface area contributed by atoms with Crippen LogP contribution in [0.3, 0.4) is 0 Å². The van der Waals surface area contributed by atoms with Gasteiger partial charge in [0.2, 0.25) is 5.82 Å². The lowest BCUT2D eigenvalue weighted by molar-refractivity contribution is -0.384. The zero-order chi connectivity index (χ0) is 13.1. The Morgan fingerprint density at radius 2 is 2.00 bits per heavy atom. The number of nitrogens with zero attached hydrogens (tertiary/aromatic N) is 2. The third-order valence-corrected chi connectivity index (χ3v) is 2.34. The van der Waals surface area contributed by atoms with Crippen LogP contribution in [-0.2, 0) is 0 Å². The second-order valence-corrected chi connectivity index (χ2v) is 3.68. The summed E-state index contributed by atoms with van der Waals surface area (Å²) in [5.74, 6) is -0.458. The monoisotopic (exact) mass is 247 g/mol. The van der Waals surface area contributed by atoms with Crippen LogP contribution in [0.15, 0.2) is 36.4 Å². The number of para-hydroxylation sites is 1. The fourth-order valence-corrected chi connectivity index (χ4v) is 1.48. The number of aromatic nitrogens is 1. The van der Waals surface area contributed by atoms with Crippen molar-refractivity contribution in [2.45, 2.75) is 6.92 Å². The van der Waals surface area contributed by atoms with E-state index in [0.717, 1.165) is 0 Å². The fraction of sp³-hybridized carbons (Fsp3) is 0.0833. The number of rotatable bonds is 3. The SMILES string of the molecule is Cc1ccc([N+](=O)[O-])c(Nc2ccccc2F)n1. The Morgan fingerprint density at radius 3 is 2.67 bits per heavy atom. The summed E-state index contributed by atoms with van der Waals surface area (Å²) >= 11 is 0. The Labute approximate surface area is 102 Å². The minimum Gasteiger partial charge on any atom is -0.332 e. The number of halogens is 1. The van der Waals surface area contributed by atoms with Crippen LogP contribution in [0.2, 0.25) is 0 Å². The molecule has 0 aliphatic rings. The number of pyridine rings is 1. The van der Waals surface area contributed by atoms with Crippen LogP contribution in [0.4, 0.5) is 21.6 Å². The minimum atomic E-state index is -0.560. The molecule has 6 heteroatoms. The van der Waals surface area contributed by atoms with E-state index in [2.05, 4.69) is 10.3 Å². The number of benzene rings is 1. The van der Waals surface area contributed by atoms with Gasteiger partial charge in [0.25, 0.3) is 0 Å². The molecule has 0 radical (unpaired) electrons. The molecule has 0 atom stereocenters. The molecule has 0 aliphatic carbocycles. The molecular formula is C12H10FN3O2. The number of nitrogens with one attached hydrogen (secondary N) is 1. The molecule has 0 fully saturated rings. The Kier molecular flexibility index (Phi) is 3.18. The van der Waals surface area contributed by atoms with Crippen LogP contribution in [0, 0.1) is 22.9 Å². The van der Waals surface area contributed by atoms with E-state index in [-0.39, 0.29) is 17.2 Å². The Morgan fingerprint density at radius 1 is 1.28 bits per heavy atom. The third kappa shape index (κ3) is 2.42. The van der Waals surface area contributed by atoms with Crippen LogP contribution < -0.4 is 5.32 Å². The van der Waals surface area contributed by atoms with Gasteiger partial charge >= 0.3 is 5.69 Å². The number of aryl methyl sites for hydroxylation is 1. The van der Waals surface area contributed by atoms with Crippen LogP contribution in [0.25, 0.3) is 0 Å². The van der Waals surface area contributed by atoms with Crippen LogP contribution in [-0.4, -0.2) is 9.91 Å². The van der Waals surface area contributed by atoms with Crippen molar-refractivity contribution in [3.8, 4) is 0 Å². The van der Waals surface area contributed by atoms with Gasteiger partial charge in [-0.3, -0.25) is 10.1 Å². The van der Waals surface area contributed by atoms with Crippen LogP contribution >= 0.6 is 0 Å². The van der Waals surface area contributed by atoms with Gasteiger partial charge in [-0.2, -0.15) is 0 Å². The zero-order valence-corrected chi connectivity index (χ0v) is 9.55. The molecule has 2 aromatic rings. The molecule has 1 aromatic heterocycles. The van der Waals surface area contributed by atoms with Gasteiger partial charge in [-0.25, -0.2) is 9.37 Å². The molecule has 0 amide bonds.